The Kier molecular flexibility index (Phi) is 2.85. The number of hydrogen-bond donors (Lipinski definition) is 1. The largest absolute Gasteiger partial charge is 0.392 e. The summed E-state index contributed by atoms with van der Waals surface area (Å²) in [6.07, 6.45) is 4.84. The summed E-state index contributed by atoms with van der Waals surface area (Å²) in [5.41, 5.74) is 3.84. The zero-order valence-corrected chi connectivity index (χ0v) is 11.4. The number of fused-ring (bicyclic) bond motifs is 1. The summed E-state index contributed by atoms with van der Waals surface area (Å²) in [4.78, 5) is 4.51. The maximum Gasteiger partial charge on any atom is 0.0658 e. The Morgan fingerprint density at radius 2 is 1.95 bits per heavy atom. The van der Waals surface area contributed by atoms with Crippen molar-refractivity contribution in [2.45, 2.75) is 37.2 Å². The van der Waals surface area contributed by atoms with Crippen molar-refractivity contribution in [1.82, 2.24) is 4.98 Å². The zero-order valence-electron chi connectivity index (χ0n) is 11.4. The van der Waals surface area contributed by atoms with E-state index in [1.54, 1.807) is 0 Å². The first-order chi connectivity index (χ1) is 9.84. The van der Waals surface area contributed by atoms with Gasteiger partial charge in [-0.3, -0.25) is 4.98 Å². The predicted molar refractivity (Wildman–Crippen MR) is 78.6 cm³/mol. The van der Waals surface area contributed by atoms with Crippen LogP contribution in [-0.4, -0.2) is 16.2 Å². The van der Waals surface area contributed by atoms with E-state index in [2.05, 4.69) is 41.4 Å². The third-order valence-corrected chi connectivity index (χ3v) is 4.92. The first-order valence-electron chi connectivity index (χ1n) is 7.51. The molecule has 20 heavy (non-hydrogen) atoms. The molecule has 0 radical (unpaired) electrons. The van der Waals surface area contributed by atoms with E-state index < -0.39 is 0 Å². The Morgan fingerprint density at radius 1 is 1.10 bits per heavy atom. The fourth-order valence-corrected chi connectivity index (χ4v) is 3.75. The fourth-order valence-electron chi connectivity index (χ4n) is 3.75. The van der Waals surface area contributed by atoms with E-state index in [0.29, 0.717) is 11.8 Å². The number of aryl methyl sites for hydroxylation is 1. The summed E-state index contributed by atoms with van der Waals surface area (Å²) < 4.78 is 0. The lowest BCUT2D eigenvalue weighted by Crippen LogP contribution is -2.20. The van der Waals surface area contributed by atoms with Crippen LogP contribution in [-0.2, 0) is 6.42 Å². The molecule has 2 aromatic rings. The molecule has 1 fully saturated rings. The Balaban J connectivity index is 1.52. The molecule has 2 aliphatic rings. The topological polar surface area (TPSA) is 33.1 Å². The van der Waals surface area contributed by atoms with Crippen LogP contribution in [0.15, 0.2) is 48.7 Å². The van der Waals surface area contributed by atoms with Crippen molar-refractivity contribution in [3.05, 3.63) is 65.5 Å². The molecule has 2 nitrogen and oxygen atoms in total. The van der Waals surface area contributed by atoms with Gasteiger partial charge >= 0.3 is 0 Å². The Hall–Kier alpha value is -1.67. The molecular weight excluding hydrogens is 246 g/mol. The lowest BCUT2D eigenvalue weighted by atomic mass is 9.94. The van der Waals surface area contributed by atoms with E-state index in [1.165, 1.54) is 11.1 Å². The molecule has 0 bridgehead atoms. The van der Waals surface area contributed by atoms with Crippen LogP contribution in [0.5, 0.6) is 0 Å². The normalized spacial score (nSPS) is 28.9. The lowest BCUT2D eigenvalue weighted by molar-refractivity contribution is 0.117. The van der Waals surface area contributed by atoms with Crippen LogP contribution in [0.25, 0.3) is 0 Å². The van der Waals surface area contributed by atoms with Crippen LogP contribution in [0.4, 0.5) is 0 Å². The minimum atomic E-state index is -0.239. The number of pyridine rings is 1. The molecule has 0 amide bonds. The van der Waals surface area contributed by atoms with Crippen LogP contribution in [0.1, 0.15) is 41.5 Å². The van der Waals surface area contributed by atoms with Crippen molar-refractivity contribution >= 4 is 0 Å². The Morgan fingerprint density at radius 3 is 2.80 bits per heavy atom. The van der Waals surface area contributed by atoms with Gasteiger partial charge in [0.2, 0.25) is 0 Å². The molecule has 1 aromatic carbocycles. The molecule has 0 aliphatic heterocycles. The molecule has 4 unspecified atom stereocenters. The number of benzene rings is 1. The zero-order chi connectivity index (χ0) is 13.5. The van der Waals surface area contributed by atoms with Gasteiger partial charge in [0.1, 0.15) is 0 Å². The van der Waals surface area contributed by atoms with Gasteiger partial charge in [-0.1, -0.05) is 36.4 Å². The van der Waals surface area contributed by atoms with E-state index in [9.17, 15) is 5.11 Å². The highest BCUT2D eigenvalue weighted by molar-refractivity contribution is 5.32. The van der Waals surface area contributed by atoms with Crippen LogP contribution >= 0.6 is 0 Å². The minimum absolute atomic E-state index is 0.239. The van der Waals surface area contributed by atoms with E-state index in [1.807, 2.05) is 12.3 Å². The number of rotatable bonds is 3. The van der Waals surface area contributed by atoms with Gasteiger partial charge in [-0.15, -0.1) is 0 Å². The number of hydrogen-bond acceptors (Lipinski definition) is 2. The summed E-state index contributed by atoms with van der Waals surface area (Å²) in [5, 5.41) is 10.7. The van der Waals surface area contributed by atoms with Crippen LogP contribution in [0.3, 0.4) is 0 Å². The van der Waals surface area contributed by atoms with Crippen LogP contribution in [0.2, 0.25) is 0 Å². The SMILES string of the molecule is OC(C1CCc2cccnc21)C1CC1c1ccccc1. The van der Waals surface area contributed by atoms with Crippen LogP contribution in [0, 0.1) is 5.92 Å². The first-order valence-corrected chi connectivity index (χ1v) is 7.51. The summed E-state index contributed by atoms with van der Waals surface area (Å²) in [5.74, 6) is 1.19. The van der Waals surface area contributed by atoms with E-state index in [4.69, 9.17) is 0 Å². The van der Waals surface area contributed by atoms with Crippen molar-refractivity contribution in [2.75, 3.05) is 0 Å². The molecule has 2 heteroatoms. The molecule has 1 heterocycles. The second-order valence-corrected chi connectivity index (χ2v) is 6.10. The highest BCUT2D eigenvalue weighted by Crippen LogP contribution is 2.53. The molecule has 4 atom stereocenters. The summed E-state index contributed by atoms with van der Waals surface area (Å²) >= 11 is 0. The van der Waals surface area contributed by atoms with Gasteiger partial charge in [0.15, 0.2) is 0 Å². The van der Waals surface area contributed by atoms with E-state index in [0.717, 1.165) is 25.0 Å². The highest BCUT2D eigenvalue weighted by atomic mass is 16.3. The van der Waals surface area contributed by atoms with E-state index in [-0.39, 0.29) is 12.0 Å². The average Bonchev–Trinajstić information content (AvgIpc) is 3.20. The standard InChI is InChI=1S/C18H19NO/c20-18(14-9-8-13-7-4-10-19-17(13)14)16-11-15(16)12-5-2-1-3-6-12/h1-7,10,14-16,18,20H,8-9,11H2. The summed E-state index contributed by atoms with van der Waals surface area (Å²) in [6.45, 7) is 0. The molecule has 1 N–H and O–H groups in total. The Bertz CT molecular complexity index is 610. The molecule has 102 valence electrons. The first kappa shape index (κ1) is 12.1. The summed E-state index contributed by atoms with van der Waals surface area (Å²) in [7, 11) is 0. The smallest absolute Gasteiger partial charge is 0.0658 e. The van der Waals surface area contributed by atoms with Crippen molar-refractivity contribution in [3.8, 4) is 0 Å². The maximum atomic E-state index is 10.7. The lowest BCUT2D eigenvalue weighted by Gasteiger charge is -2.18. The number of aliphatic hydroxyl groups excluding tert-OH is 1. The van der Waals surface area contributed by atoms with Gasteiger partial charge in [0.25, 0.3) is 0 Å². The molecular formula is C18H19NO. The molecule has 1 saturated carbocycles. The van der Waals surface area contributed by atoms with Gasteiger partial charge in [-0.25, -0.2) is 0 Å². The Labute approximate surface area is 119 Å². The maximum absolute atomic E-state index is 10.7. The quantitative estimate of drug-likeness (QED) is 0.924. The van der Waals surface area contributed by atoms with Crippen LogP contribution < -0.4 is 0 Å². The second kappa shape index (κ2) is 4.71. The minimum Gasteiger partial charge on any atom is -0.392 e. The second-order valence-electron chi connectivity index (χ2n) is 6.10. The molecule has 0 spiro atoms. The molecule has 1 aromatic heterocycles. The molecule has 2 aliphatic carbocycles. The van der Waals surface area contributed by atoms with Crippen molar-refractivity contribution in [3.63, 3.8) is 0 Å². The predicted octanol–water partition coefficient (Wildman–Crippen LogP) is 3.28. The molecule has 4 rings (SSSR count). The van der Waals surface area contributed by atoms with Gasteiger partial charge in [0.05, 0.1) is 6.10 Å². The average molecular weight is 265 g/mol. The van der Waals surface area contributed by atoms with Crippen molar-refractivity contribution in [1.29, 1.82) is 0 Å². The molecule has 0 saturated heterocycles. The van der Waals surface area contributed by atoms with Crippen molar-refractivity contribution < 1.29 is 5.11 Å². The fraction of sp³-hybridized carbons (Fsp3) is 0.389. The monoisotopic (exact) mass is 265 g/mol. The van der Waals surface area contributed by atoms with Gasteiger partial charge in [-0.2, -0.15) is 0 Å². The number of aliphatic hydroxyl groups is 1. The number of aromatic nitrogens is 1. The third kappa shape index (κ3) is 1.95. The third-order valence-electron chi connectivity index (χ3n) is 4.92. The van der Waals surface area contributed by atoms with Gasteiger partial charge < -0.3 is 5.11 Å². The van der Waals surface area contributed by atoms with Crippen molar-refractivity contribution in [2.24, 2.45) is 5.92 Å². The van der Waals surface area contributed by atoms with Gasteiger partial charge in [0, 0.05) is 17.8 Å². The highest BCUT2D eigenvalue weighted by Gasteiger charge is 2.47. The number of nitrogens with zero attached hydrogens (tertiary/aromatic N) is 1. The van der Waals surface area contributed by atoms with Gasteiger partial charge in [-0.05, 0) is 48.3 Å². The summed E-state index contributed by atoms with van der Waals surface area (Å²) in [6, 6.07) is 14.7. The van der Waals surface area contributed by atoms with E-state index >= 15 is 0 Å².